The number of hydrogen-bond acceptors (Lipinski definition) is 7. The number of anilines is 1. The number of benzene rings is 2. The number of hydrogen-bond donors (Lipinski definition) is 1. The van der Waals surface area contributed by atoms with Crippen molar-refractivity contribution < 1.29 is 24.2 Å². The largest absolute Gasteiger partial charge is 0.449 e. The fraction of sp³-hybridized carbons (Fsp3) is 0.125. The van der Waals surface area contributed by atoms with Crippen LogP contribution in [0.4, 0.5) is 17.1 Å². The average Bonchev–Trinajstić information content (AvgIpc) is 2.61. The van der Waals surface area contributed by atoms with Crippen LogP contribution in [0.5, 0.6) is 0 Å². The number of non-ortho nitro benzene ring substituents is 1. The minimum Gasteiger partial charge on any atom is -0.449 e. The van der Waals surface area contributed by atoms with Crippen LogP contribution in [0.15, 0.2) is 42.5 Å². The Morgan fingerprint density at radius 2 is 1.78 bits per heavy atom. The highest BCUT2D eigenvalue weighted by atomic mass is 35.5. The third kappa shape index (κ3) is 4.76. The van der Waals surface area contributed by atoms with Crippen molar-refractivity contribution in [3.63, 3.8) is 0 Å². The number of nitrogens with zero attached hydrogens (tertiary/aromatic N) is 2. The van der Waals surface area contributed by atoms with Gasteiger partial charge in [-0.25, -0.2) is 4.79 Å². The summed E-state index contributed by atoms with van der Waals surface area (Å²) < 4.78 is 4.98. The molecule has 0 fully saturated rings. The first-order valence-corrected chi connectivity index (χ1v) is 7.77. The molecule has 27 heavy (non-hydrogen) atoms. The van der Waals surface area contributed by atoms with Crippen LogP contribution in [0, 0.1) is 20.2 Å². The Balaban J connectivity index is 2.09. The summed E-state index contributed by atoms with van der Waals surface area (Å²) in [5, 5.41) is 23.7. The van der Waals surface area contributed by atoms with Crippen LogP contribution in [-0.2, 0) is 9.53 Å². The molecule has 1 unspecified atom stereocenters. The van der Waals surface area contributed by atoms with E-state index in [-0.39, 0.29) is 27.6 Å². The number of para-hydroxylation sites is 2. The summed E-state index contributed by atoms with van der Waals surface area (Å²) in [7, 11) is 0. The van der Waals surface area contributed by atoms with Gasteiger partial charge in [0.15, 0.2) is 6.10 Å². The Bertz CT molecular complexity index is 932. The first-order valence-electron chi connectivity index (χ1n) is 7.40. The van der Waals surface area contributed by atoms with Gasteiger partial charge in [0.1, 0.15) is 5.69 Å². The van der Waals surface area contributed by atoms with Crippen LogP contribution in [0.25, 0.3) is 0 Å². The van der Waals surface area contributed by atoms with E-state index in [1.807, 2.05) is 0 Å². The summed E-state index contributed by atoms with van der Waals surface area (Å²) >= 11 is 5.84. The van der Waals surface area contributed by atoms with Gasteiger partial charge in [-0.15, -0.1) is 0 Å². The third-order valence-corrected chi connectivity index (χ3v) is 3.71. The fourth-order valence-electron chi connectivity index (χ4n) is 2.03. The predicted molar refractivity (Wildman–Crippen MR) is 94.7 cm³/mol. The summed E-state index contributed by atoms with van der Waals surface area (Å²) in [5.41, 5.74) is -0.835. The molecule has 0 bridgehead atoms. The van der Waals surface area contributed by atoms with Gasteiger partial charge in [-0.2, -0.15) is 0 Å². The first kappa shape index (κ1) is 19.8. The summed E-state index contributed by atoms with van der Waals surface area (Å²) in [6.07, 6.45) is -1.30. The van der Waals surface area contributed by atoms with Crippen molar-refractivity contribution in [3.05, 3.63) is 73.3 Å². The number of ether oxygens (including phenoxy) is 1. The Labute approximate surface area is 157 Å². The molecule has 1 atom stereocenters. The lowest BCUT2D eigenvalue weighted by molar-refractivity contribution is -0.384. The van der Waals surface area contributed by atoms with Crippen LogP contribution in [-0.4, -0.2) is 27.8 Å². The fourth-order valence-corrected chi connectivity index (χ4v) is 2.29. The maximum Gasteiger partial charge on any atom is 0.340 e. The topological polar surface area (TPSA) is 142 Å². The highest BCUT2D eigenvalue weighted by Gasteiger charge is 2.24. The van der Waals surface area contributed by atoms with E-state index < -0.39 is 27.8 Å². The highest BCUT2D eigenvalue weighted by molar-refractivity contribution is 6.33. The van der Waals surface area contributed by atoms with Crippen molar-refractivity contribution in [3.8, 4) is 0 Å². The molecule has 2 aromatic carbocycles. The second-order valence-electron chi connectivity index (χ2n) is 5.23. The quantitative estimate of drug-likeness (QED) is 0.450. The van der Waals surface area contributed by atoms with Gasteiger partial charge in [-0.1, -0.05) is 23.7 Å². The second kappa shape index (κ2) is 8.23. The first-order chi connectivity index (χ1) is 12.7. The molecular weight excluding hydrogens is 382 g/mol. The molecule has 0 aliphatic heterocycles. The van der Waals surface area contributed by atoms with E-state index in [4.69, 9.17) is 16.3 Å². The molecule has 0 spiro atoms. The lowest BCUT2D eigenvalue weighted by Gasteiger charge is -2.14. The number of nitrogens with one attached hydrogen (secondary N) is 1. The normalized spacial score (nSPS) is 11.3. The minimum absolute atomic E-state index is 0.0521. The summed E-state index contributed by atoms with van der Waals surface area (Å²) in [6, 6.07) is 8.64. The molecular formula is C16H12ClN3O7. The highest BCUT2D eigenvalue weighted by Crippen LogP contribution is 2.25. The monoisotopic (exact) mass is 393 g/mol. The molecule has 1 amide bonds. The van der Waals surface area contributed by atoms with Crippen molar-refractivity contribution >= 4 is 40.5 Å². The molecule has 0 aliphatic rings. The molecule has 11 heteroatoms. The molecule has 0 saturated heterocycles. The molecule has 10 nitrogen and oxygen atoms in total. The standard InChI is InChI=1S/C16H12ClN3O7/c1-9(15(21)18-13-4-2-3-5-14(13)20(25)26)27-16(22)11-7-6-10(19(23)24)8-12(11)17/h2-9H,1H3,(H,18,21). The Morgan fingerprint density at radius 3 is 2.37 bits per heavy atom. The number of carbonyl (C=O) groups excluding carboxylic acids is 2. The van der Waals surface area contributed by atoms with E-state index in [0.717, 1.165) is 18.2 Å². The number of esters is 1. The zero-order valence-corrected chi connectivity index (χ0v) is 14.5. The van der Waals surface area contributed by atoms with Crippen LogP contribution in [0.2, 0.25) is 5.02 Å². The molecule has 140 valence electrons. The molecule has 0 aliphatic carbocycles. The molecule has 2 aromatic rings. The molecule has 2 rings (SSSR count). The number of nitro benzene ring substituents is 2. The van der Waals surface area contributed by atoms with E-state index in [1.165, 1.54) is 31.2 Å². The molecule has 0 heterocycles. The lowest BCUT2D eigenvalue weighted by Crippen LogP contribution is -2.30. The van der Waals surface area contributed by atoms with Gasteiger partial charge >= 0.3 is 5.97 Å². The zero-order chi connectivity index (χ0) is 20.1. The van der Waals surface area contributed by atoms with E-state index in [1.54, 1.807) is 0 Å². The van der Waals surface area contributed by atoms with Gasteiger partial charge in [-0.05, 0) is 19.1 Å². The number of halogens is 1. The zero-order valence-electron chi connectivity index (χ0n) is 13.7. The maximum atomic E-state index is 12.1. The summed E-state index contributed by atoms with van der Waals surface area (Å²) in [6.45, 7) is 1.27. The number of nitro groups is 2. The smallest absolute Gasteiger partial charge is 0.340 e. The Morgan fingerprint density at radius 1 is 1.11 bits per heavy atom. The summed E-state index contributed by atoms with van der Waals surface area (Å²) in [5.74, 6) is -1.77. The molecule has 0 radical (unpaired) electrons. The number of amides is 1. The summed E-state index contributed by atoms with van der Waals surface area (Å²) in [4.78, 5) is 44.6. The molecule has 1 N–H and O–H groups in total. The third-order valence-electron chi connectivity index (χ3n) is 3.40. The van der Waals surface area contributed by atoms with E-state index in [0.29, 0.717) is 0 Å². The Kier molecular flexibility index (Phi) is 6.03. The maximum absolute atomic E-state index is 12.1. The van der Waals surface area contributed by atoms with Crippen LogP contribution in [0.1, 0.15) is 17.3 Å². The van der Waals surface area contributed by atoms with Crippen molar-refractivity contribution in [2.75, 3.05) is 5.32 Å². The van der Waals surface area contributed by atoms with E-state index in [2.05, 4.69) is 5.32 Å². The van der Waals surface area contributed by atoms with E-state index >= 15 is 0 Å². The van der Waals surface area contributed by atoms with Gasteiger partial charge in [0.2, 0.25) is 0 Å². The van der Waals surface area contributed by atoms with Gasteiger partial charge < -0.3 is 10.1 Å². The Hall–Kier alpha value is -3.53. The molecule has 0 saturated carbocycles. The molecule has 0 aromatic heterocycles. The van der Waals surface area contributed by atoms with Crippen molar-refractivity contribution in [2.45, 2.75) is 13.0 Å². The number of carbonyl (C=O) groups is 2. The number of rotatable bonds is 6. The SMILES string of the molecule is CC(OC(=O)c1ccc([N+](=O)[O-])cc1Cl)C(=O)Nc1ccccc1[N+](=O)[O-]. The second-order valence-corrected chi connectivity index (χ2v) is 5.64. The van der Waals surface area contributed by atoms with Gasteiger partial charge in [0.25, 0.3) is 17.3 Å². The van der Waals surface area contributed by atoms with E-state index in [9.17, 15) is 29.8 Å². The lowest BCUT2D eigenvalue weighted by atomic mass is 10.2. The van der Waals surface area contributed by atoms with Gasteiger partial charge in [0, 0.05) is 18.2 Å². The van der Waals surface area contributed by atoms with Gasteiger partial charge in [-0.3, -0.25) is 25.0 Å². The van der Waals surface area contributed by atoms with Gasteiger partial charge in [0.05, 0.1) is 20.4 Å². The van der Waals surface area contributed by atoms with Crippen LogP contribution >= 0.6 is 11.6 Å². The van der Waals surface area contributed by atoms with Crippen LogP contribution < -0.4 is 5.32 Å². The van der Waals surface area contributed by atoms with Crippen molar-refractivity contribution in [2.24, 2.45) is 0 Å². The van der Waals surface area contributed by atoms with Crippen LogP contribution in [0.3, 0.4) is 0 Å². The minimum atomic E-state index is -1.30. The predicted octanol–water partition coefficient (Wildman–Crippen LogP) is 3.34. The van der Waals surface area contributed by atoms with Crippen molar-refractivity contribution in [1.29, 1.82) is 0 Å². The van der Waals surface area contributed by atoms with Crippen molar-refractivity contribution in [1.82, 2.24) is 0 Å². The average molecular weight is 394 g/mol.